The summed E-state index contributed by atoms with van der Waals surface area (Å²) in [5.74, 6) is -0.110. The van der Waals surface area contributed by atoms with Gasteiger partial charge in [-0.1, -0.05) is 31.4 Å². The molecule has 0 saturated carbocycles. The number of nitrogens with one attached hydrogen (secondary N) is 1. The number of aromatic nitrogens is 1. The van der Waals surface area contributed by atoms with E-state index in [1.54, 1.807) is 12.1 Å². The van der Waals surface area contributed by atoms with Crippen LogP contribution in [0.3, 0.4) is 0 Å². The Hall–Kier alpha value is -1.13. The van der Waals surface area contributed by atoms with E-state index >= 15 is 0 Å². The maximum absolute atomic E-state index is 11.9. The van der Waals surface area contributed by atoms with Gasteiger partial charge in [-0.15, -0.1) is 0 Å². The van der Waals surface area contributed by atoms with Gasteiger partial charge in [-0.05, 0) is 31.4 Å². The largest absolute Gasteiger partial charge is 0.396 e. The van der Waals surface area contributed by atoms with Crippen LogP contribution in [0.25, 0.3) is 0 Å². The minimum atomic E-state index is -0.110. The number of halogens is 1. The first-order valence-electron chi connectivity index (χ1n) is 6.73. The molecule has 106 valence electrons. The Balaban J connectivity index is 2.39. The molecule has 0 aliphatic heterocycles. The van der Waals surface area contributed by atoms with Gasteiger partial charge in [0, 0.05) is 24.4 Å². The molecule has 1 aromatic heterocycles. The van der Waals surface area contributed by atoms with Gasteiger partial charge in [0.25, 0.3) is 5.91 Å². The Bertz CT molecular complexity index is 410. The molecule has 1 rings (SSSR count). The van der Waals surface area contributed by atoms with E-state index in [4.69, 9.17) is 16.7 Å². The van der Waals surface area contributed by atoms with Crippen molar-refractivity contribution in [2.45, 2.75) is 39.0 Å². The molecule has 1 heterocycles. The minimum Gasteiger partial charge on any atom is -0.396 e. The molecule has 0 saturated heterocycles. The monoisotopic (exact) mass is 284 g/mol. The molecule has 0 radical (unpaired) electrons. The minimum absolute atomic E-state index is 0.110. The van der Waals surface area contributed by atoms with Crippen LogP contribution in [0.15, 0.2) is 12.1 Å². The lowest BCUT2D eigenvalue weighted by molar-refractivity contribution is 0.0952. The van der Waals surface area contributed by atoms with Crippen molar-refractivity contribution < 1.29 is 9.90 Å². The van der Waals surface area contributed by atoms with Gasteiger partial charge in [0.1, 0.15) is 5.15 Å². The molecule has 1 aromatic rings. The quantitative estimate of drug-likeness (QED) is 0.570. The summed E-state index contributed by atoms with van der Waals surface area (Å²) >= 11 is 5.88. The molecule has 0 spiro atoms. The highest BCUT2D eigenvalue weighted by Gasteiger charge is 2.08. The second kappa shape index (κ2) is 8.88. The molecule has 0 unspecified atom stereocenters. The second-order valence-electron chi connectivity index (χ2n) is 4.42. The second-order valence-corrected chi connectivity index (χ2v) is 4.80. The van der Waals surface area contributed by atoms with E-state index in [9.17, 15) is 4.79 Å². The zero-order valence-corrected chi connectivity index (χ0v) is 12.0. The van der Waals surface area contributed by atoms with E-state index < -0.39 is 0 Å². The summed E-state index contributed by atoms with van der Waals surface area (Å²) in [4.78, 5) is 16.0. The van der Waals surface area contributed by atoms with E-state index in [-0.39, 0.29) is 12.5 Å². The standard InChI is InChI=1S/C14H21ClN2O2/c1-2-12-9-11(10-13(15)17-12)14(19)16-7-5-3-4-6-8-18/h9-10,18H,2-8H2,1H3,(H,16,19). The fourth-order valence-electron chi connectivity index (χ4n) is 1.76. The number of hydrogen-bond acceptors (Lipinski definition) is 3. The Morgan fingerprint density at radius 2 is 2.05 bits per heavy atom. The highest BCUT2D eigenvalue weighted by molar-refractivity contribution is 6.29. The van der Waals surface area contributed by atoms with Crippen molar-refractivity contribution in [2.24, 2.45) is 0 Å². The maximum Gasteiger partial charge on any atom is 0.251 e. The summed E-state index contributed by atoms with van der Waals surface area (Å²) in [6, 6.07) is 3.36. The third-order valence-electron chi connectivity index (χ3n) is 2.84. The van der Waals surface area contributed by atoms with Crippen LogP contribution in [0.5, 0.6) is 0 Å². The van der Waals surface area contributed by atoms with Crippen LogP contribution in [-0.4, -0.2) is 29.1 Å². The first-order valence-corrected chi connectivity index (χ1v) is 7.10. The molecule has 0 bridgehead atoms. The number of aliphatic hydroxyl groups is 1. The summed E-state index contributed by atoms with van der Waals surface area (Å²) in [5.41, 5.74) is 1.38. The first-order chi connectivity index (χ1) is 9.17. The number of aliphatic hydroxyl groups excluding tert-OH is 1. The van der Waals surface area contributed by atoms with Crippen molar-refractivity contribution >= 4 is 17.5 Å². The van der Waals surface area contributed by atoms with Crippen molar-refractivity contribution in [3.05, 3.63) is 28.5 Å². The van der Waals surface area contributed by atoms with Gasteiger partial charge in [-0.25, -0.2) is 4.98 Å². The lowest BCUT2D eigenvalue weighted by atomic mass is 10.1. The molecule has 0 aliphatic rings. The Morgan fingerprint density at radius 1 is 1.32 bits per heavy atom. The van der Waals surface area contributed by atoms with Gasteiger partial charge in [0.05, 0.1) is 0 Å². The Kier molecular flexibility index (Phi) is 7.45. The number of rotatable bonds is 8. The highest BCUT2D eigenvalue weighted by atomic mass is 35.5. The first kappa shape index (κ1) is 15.9. The molecule has 4 nitrogen and oxygen atoms in total. The number of carbonyl (C=O) groups is 1. The molecule has 0 aliphatic carbocycles. The van der Waals surface area contributed by atoms with Gasteiger partial charge in [0.15, 0.2) is 0 Å². The molecule has 1 amide bonds. The number of unbranched alkanes of at least 4 members (excludes halogenated alkanes) is 3. The fourth-order valence-corrected chi connectivity index (χ4v) is 1.98. The Morgan fingerprint density at radius 3 is 2.74 bits per heavy atom. The zero-order chi connectivity index (χ0) is 14.1. The average molecular weight is 285 g/mol. The van der Waals surface area contributed by atoms with Gasteiger partial charge >= 0.3 is 0 Å². The summed E-state index contributed by atoms with van der Waals surface area (Å²) in [6.45, 7) is 2.86. The number of amides is 1. The number of carbonyl (C=O) groups excluding carboxylic acids is 1. The van der Waals surface area contributed by atoms with Gasteiger partial charge < -0.3 is 10.4 Å². The van der Waals surface area contributed by atoms with Crippen LogP contribution < -0.4 is 5.32 Å². The van der Waals surface area contributed by atoms with Crippen LogP contribution in [0.4, 0.5) is 0 Å². The van der Waals surface area contributed by atoms with Gasteiger partial charge in [0.2, 0.25) is 0 Å². The molecular formula is C14H21ClN2O2. The molecule has 0 atom stereocenters. The molecule has 5 heteroatoms. The van der Waals surface area contributed by atoms with Crippen molar-refractivity contribution in [1.82, 2.24) is 10.3 Å². The number of pyridine rings is 1. The van der Waals surface area contributed by atoms with Crippen LogP contribution in [0, 0.1) is 0 Å². The summed E-state index contributed by atoms with van der Waals surface area (Å²) < 4.78 is 0. The molecule has 0 aromatic carbocycles. The summed E-state index contributed by atoms with van der Waals surface area (Å²) in [6.07, 6.45) is 4.51. The molecule has 2 N–H and O–H groups in total. The highest BCUT2D eigenvalue weighted by Crippen LogP contribution is 2.11. The van der Waals surface area contributed by atoms with Crippen molar-refractivity contribution in [1.29, 1.82) is 0 Å². The predicted octanol–water partition coefficient (Wildman–Crippen LogP) is 2.58. The lowest BCUT2D eigenvalue weighted by Crippen LogP contribution is -2.24. The van der Waals surface area contributed by atoms with Crippen LogP contribution >= 0.6 is 11.6 Å². The van der Waals surface area contributed by atoms with E-state index in [0.29, 0.717) is 17.3 Å². The van der Waals surface area contributed by atoms with Crippen LogP contribution in [0.1, 0.15) is 48.7 Å². The average Bonchev–Trinajstić information content (AvgIpc) is 2.41. The van der Waals surface area contributed by atoms with Crippen molar-refractivity contribution in [3.8, 4) is 0 Å². The summed E-state index contributed by atoms with van der Waals surface area (Å²) in [7, 11) is 0. The molecule has 19 heavy (non-hydrogen) atoms. The number of hydrogen-bond donors (Lipinski definition) is 2. The topological polar surface area (TPSA) is 62.2 Å². The molecule has 0 fully saturated rings. The van der Waals surface area contributed by atoms with Crippen molar-refractivity contribution in [2.75, 3.05) is 13.2 Å². The van der Waals surface area contributed by atoms with E-state index in [2.05, 4.69) is 10.3 Å². The van der Waals surface area contributed by atoms with E-state index in [1.807, 2.05) is 6.92 Å². The SMILES string of the molecule is CCc1cc(C(=O)NCCCCCCO)cc(Cl)n1. The third kappa shape index (κ3) is 6.03. The van der Waals surface area contributed by atoms with E-state index in [1.165, 1.54) is 0 Å². The number of nitrogens with zero attached hydrogens (tertiary/aromatic N) is 1. The third-order valence-corrected chi connectivity index (χ3v) is 3.04. The lowest BCUT2D eigenvalue weighted by Gasteiger charge is -2.06. The summed E-state index contributed by atoms with van der Waals surface area (Å²) in [5, 5.41) is 11.9. The van der Waals surface area contributed by atoms with E-state index in [0.717, 1.165) is 37.8 Å². The van der Waals surface area contributed by atoms with Crippen molar-refractivity contribution in [3.63, 3.8) is 0 Å². The maximum atomic E-state index is 11.9. The fraction of sp³-hybridized carbons (Fsp3) is 0.571. The van der Waals surface area contributed by atoms with Gasteiger partial charge in [-0.2, -0.15) is 0 Å². The van der Waals surface area contributed by atoms with Crippen LogP contribution in [0.2, 0.25) is 5.15 Å². The zero-order valence-electron chi connectivity index (χ0n) is 11.3. The number of aryl methyl sites for hydroxylation is 1. The smallest absolute Gasteiger partial charge is 0.251 e. The Labute approximate surface area is 119 Å². The van der Waals surface area contributed by atoms with Crippen LogP contribution in [-0.2, 0) is 6.42 Å². The molecular weight excluding hydrogens is 264 g/mol. The van der Waals surface area contributed by atoms with Gasteiger partial charge in [-0.3, -0.25) is 4.79 Å². The predicted molar refractivity (Wildman–Crippen MR) is 76.5 cm³/mol. The normalized spacial score (nSPS) is 10.5.